The van der Waals surface area contributed by atoms with Gasteiger partial charge in [0.05, 0.1) is 0 Å². The zero-order chi connectivity index (χ0) is 10.8. The van der Waals surface area contributed by atoms with Gasteiger partial charge in [0.1, 0.15) is 11.0 Å². The molecule has 0 unspecified atom stereocenters. The van der Waals surface area contributed by atoms with Crippen molar-refractivity contribution in [1.82, 2.24) is 9.97 Å². The third-order valence-electron chi connectivity index (χ3n) is 2.46. The van der Waals surface area contributed by atoms with Crippen LogP contribution in [-0.4, -0.2) is 29.8 Å². The van der Waals surface area contributed by atoms with Crippen LogP contribution in [0.5, 0.6) is 0 Å². The summed E-state index contributed by atoms with van der Waals surface area (Å²) >= 11 is 7.45. The second-order valence-electron chi connectivity index (χ2n) is 3.86. The van der Waals surface area contributed by atoms with Gasteiger partial charge in [0.15, 0.2) is 5.16 Å². The van der Waals surface area contributed by atoms with Gasteiger partial charge in [-0.05, 0) is 25.0 Å². The first-order chi connectivity index (χ1) is 7.19. The van der Waals surface area contributed by atoms with Crippen molar-refractivity contribution in [3.63, 3.8) is 0 Å². The van der Waals surface area contributed by atoms with E-state index in [2.05, 4.69) is 21.9 Å². The van der Waals surface area contributed by atoms with Gasteiger partial charge < -0.3 is 4.90 Å². The Hall–Kier alpha value is -0.480. The van der Waals surface area contributed by atoms with Crippen LogP contribution in [0.25, 0.3) is 0 Å². The highest BCUT2D eigenvalue weighted by Crippen LogP contribution is 2.31. The first kappa shape index (κ1) is 11.0. The van der Waals surface area contributed by atoms with Gasteiger partial charge in [-0.1, -0.05) is 23.4 Å². The van der Waals surface area contributed by atoms with Crippen LogP contribution in [0.15, 0.2) is 11.2 Å². The van der Waals surface area contributed by atoms with Gasteiger partial charge in [-0.25, -0.2) is 9.97 Å². The molecule has 1 fully saturated rings. The van der Waals surface area contributed by atoms with E-state index in [9.17, 15) is 0 Å². The number of halogens is 1. The summed E-state index contributed by atoms with van der Waals surface area (Å²) in [4.78, 5) is 10.7. The van der Waals surface area contributed by atoms with Crippen molar-refractivity contribution in [3.8, 4) is 0 Å². The molecule has 2 rings (SSSR count). The van der Waals surface area contributed by atoms with Crippen LogP contribution in [0.2, 0.25) is 5.15 Å². The SMILES string of the molecule is CSc1nc(Cl)cc(N(C)CC2CC2)n1. The monoisotopic (exact) mass is 243 g/mol. The lowest BCUT2D eigenvalue weighted by Crippen LogP contribution is -2.21. The zero-order valence-electron chi connectivity index (χ0n) is 8.90. The van der Waals surface area contributed by atoms with Gasteiger partial charge in [0.2, 0.25) is 0 Å². The Bertz CT molecular complexity index is 355. The molecule has 1 saturated carbocycles. The molecular formula is C10H14ClN3S. The number of aromatic nitrogens is 2. The highest BCUT2D eigenvalue weighted by Gasteiger charge is 2.23. The Kier molecular flexibility index (Phi) is 3.36. The molecule has 0 N–H and O–H groups in total. The van der Waals surface area contributed by atoms with Crippen LogP contribution < -0.4 is 4.90 Å². The van der Waals surface area contributed by atoms with Crippen molar-refractivity contribution in [2.45, 2.75) is 18.0 Å². The van der Waals surface area contributed by atoms with Crippen LogP contribution >= 0.6 is 23.4 Å². The van der Waals surface area contributed by atoms with Gasteiger partial charge in [0, 0.05) is 19.7 Å². The van der Waals surface area contributed by atoms with Crippen molar-refractivity contribution < 1.29 is 0 Å². The smallest absolute Gasteiger partial charge is 0.190 e. The Labute approximate surface area is 99.2 Å². The second-order valence-corrected chi connectivity index (χ2v) is 5.02. The number of nitrogens with zero attached hydrogens (tertiary/aromatic N) is 3. The van der Waals surface area contributed by atoms with Crippen LogP contribution in [-0.2, 0) is 0 Å². The summed E-state index contributed by atoms with van der Waals surface area (Å²) < 4.78 is 0. The summed E-state index contributed by atoms with van der Waals surface area (Å²) in [7, 11) is 2.06. The van der Waals surface area contributed by atoms with Crippen LogP contribution in [0.3, 0.4) is 0 Å². The minimum absolute atomic E-state index is 0.520. The van der Waals surface area contributed by atoms with E-state index in [-0.39, 0.29) is 0 Å². The molecule has 1 aromatic rings. The first-order valence-corrected chi connectivity index (χ1v) is 6.59. The zero-order valence-corrected chi connectivity index (χ0v) is 10.5. The lowest BCUT2D eigenvalue weighted by molar-refractivity contribution is 0.766. The third-order valence-corrected chi connectivity index (χ3v) is 3.20. The highest BCUT2D eigenvalue weighted by molar-refractivity contribution is 7.98. The number of anilines is 1. The summed E-state index contributed by atoms with van der Waals surface area (Å²) in [5, 5.41) is 1.26. The highest BCUT2D eigenvalue weighted by atomic mass is 35.5. The molecule has 0 amide bonds. The molecule has 0 aliphatic heterocycles. The molecule has 0 atom stereocenters. The average molecular weight is 244 g/mol. The van der Waals surface area contributed by atoms with E-state index in [0.29, 0.717) is 5.15 Å². The van der Waals surface area contributed by atoms with E-state index >= 15 is 0 Å². The summed E-state index contributed by atoms with van der Waals surface area (Å²) in [6, 6.07) is 1.82. The lowest BCUT2D eigenvalue weighted by atomic mass is 10.4. The van der Waals surface area contributed by atoms with Crippen molar-refractivity contribution in [1.29, 1.82) is 0 Å². The standard InChI is InChI=1S/C10H14ClN3S/c1-14(6-7-3-4-7)9-5-8(11)12-10(13-9)15-2/h5,7H,3-4,6H2,1-2H3. The molecule has 15 heavy (non-hydrogen) atoms. The summed E-state index contributed by atoms with van der Waals surface area (Å²) in [5.41, 5.74) is 0. The molecule has 82 valence electrons. The van der Waals surface area contributed by atoms with Gasteiger partial charge in [0.25, 0.3) is 0 Å². The average Bonchev–Trinajstić information content (AvgIpc) is 3.00. The van der Waals surface area contributed by atoms with E-state index in [1.54, 1.807) is 0 Å². The van der Waals surface area contributed by atoms with Crippen molar-refractivity contribution >= 4 is 29.2 Å². The Morgan fingerprint density at radius 3 is 2.87 bits per heavy atom. The van der Waals surface area contributed by atoms with Crippen molar-refractivity contribution in [2.75, 3.05) is 24.7 Å². The fourth-order valence-electron chi connectivity index (χ4n) is 1.45. The Morgan fingerprint density at radius 1 is 1.53 bits per heavy atom. The molecule has 3 nitrogen and oxygen atoms in total. The van der Waals surface area contributed by atoms with Crippen molar-refractivity contribution in [3.05, 3.63) is 11.2 Å². The summed E-state index contributed by atoms with van der Waals surface area (Å²) in [5.74, 6) is 1.77. The Morgan fingerprint density at radius 2 is 2.27 bits per heavy atom. The molecule has 1 aliphatic carbocycles. The normalized spacial score (nSPS) is 15.4. The molecule has 1 aliphatic rings. The van der Waals surface area contributed by atoms with E-state index in [0.717, 1.165) is 23.4 Å². The maximum Gasteiger partial charge on any atom is 0.190 e. The predicted octanol–water partition coefficient (Wildman–Crippen LogP) is 2.70. The van der Waals surface area contributed by atoms with Gasteiger partial charge in [-0.15, -0.1) is 0 Å². The molecule has 1 heterocycles. The second kappa shape index (κ2) is 4.58. The fraction of sp³-hybridized carbons (Fsp3) is 0.600. The molecule has 0 radical (unpaired) electrons. The van der Waals surface area contributed by atoms with Crippen LogP contribution in [0.4, 0.5) is 5.82 Å². The van der Waals surface area contributed by atoms with Crippen LogP contribution in [0.1, 0.15) is 12.8 Å². The minimum atomic E-state index is 0.520. The summed E-state index contributed by atoms with van der Waals surface area (Å²) in [6.07, 6.45) is 4.65. The van der Waals surface area contributed by atoms with Gasteiger partial charge in [-0.3, -0.25) is 0 Å². The van der Waals surface area contributed by atoms with Gasteiger partial charge >= 0.3 is 0 Å². The largest absolute Gasteiger partial charge is 0.359 e. The van der Waals surface area contributed by atoms with Gasteiger partial charge in [-0.2, -0.15) is 0 Å². The van der Waals surface area contributed by atoms with E-state index in [4.69, 9.17) is 11.6 Å². The molecule has 5 heteroatoms. The Balaban J connectivity index is 2.13. The summed E-state index contributed by atoms with van der Waals surface area (Å²) in [6.45, 7) is 1.07. The van der Waals surface area contributed by atoms with Crippen LogP contribution in [0, 0.1) is 5.92 Å². The van der Waals surface area contributed by atoms with Crippen molar-refractivity contribution in [2.24, 2.45) is 5.92 Å². The third kappa shape index (κ3) is 2.98. The molecule has 1 aromatic heterocycles. The molecular weight excluding hydrogens is 230 g/mol. The van der Waals surface area contributed by atoms with E-state index in [1.807, 2.05) is 12.3 Å². The predicted molar refractivity (Wildman–Crippen MR) is 64.8 cm³/mol. The maximum atomic E-state index is 5.93. The number of hydrogen-bond donors (Lipinski definition) is 0. The maximum absolute atomic E-state index is 5.93. The minimum Gasteiger partial charge on any atom is -0.359 e. The topological polar surface area (TPSA) is 29.0 Å². The fourth-order valence-corrected chi connectivity index (χ4v) is 2.06. The molecule has 0 bridgehead atoms. The number of rotatable bonds is 4. The number of thioether (sulfide) groups is 1. The quantitative estimate of drug-likeness (QED) is 0.462. The molecule has 0 spiro atoms. The molecule has 0 saturated heterocycles. The van der Waals surface area contributed by atoms with E-state index < -0.39 is 0 Å². The van der Waals surface area contributed by atoms with E-state index in [1.165, 1.54) is 24.6 Å². The number of hydrogen-bond acceptors (Lipinski definition) is 4. The molecule has 0 aromatic carbocycles. The first-order valence-electron chi connectivity index (χ1n) is 4.98. The lowest BCUT2D eigenvalue weighted by Gasteiger charge is -2.18.